The zero-order valence-corrected chi connectivity index (χ0v) is 22.5. The molecule has 0 aliphatic heterocycles. The summed E-state index contributed by atoms with van der Waals surface area (Å²) >= 11 is 0. The average molecular weight is 476 g/mol. The summed E-state index contributed by atoms with van der Waals surface area (Å²) in [5.74, 6) is 1.02. The van der Waals surface area contributed by atoms with Gasteiger partial charge in [0.15, 0.2) is 0 Å². The van der Waals surface area contributed by atoms with Gasteiger partial charge in [-0.2, -0.15) is 0 Å². The van der Waals surface area contributed by atoms with Crippen LogP contribution in [0.15, 0.2) is 6.07 Å². The number of carbonyl (C=O) groups is 1. The summed E-state index contributed by atoms with van der Waals surface area (Å²) in [5.41, 5.74) is 7.68. The van der Waals surface area contributed by atoms with E-state index in [1.54, 1.807) is 0 Å². The fraction of sp³-hybridized carbons (Fsp3) is 0.821. The fourth-order valence-electron chi connectivity index (χ4n) is 4.35. The lowest BCUT2D eigenvalue weighted by molar-refractivity contribution is -0.131. The van der Waals surface area contributed by atoms with E-state index in [2.05, 4.69) is 22.2 Å². The maximum atomic E-state index is 12.7. The number of unbranched alkanes of at least 4 members (excludes halogenated alkanes) is 12. The number of hydrogen-bond acceptors (Lipinski definition) is 5. The van der Waals surface area contributed by atoms with Gasteiger partial charge in [0.2, 0.25) is 11.9 Å². The number of amides is 1. The topological polar surface area (TPSA) is 84.1 Å². The molecule has 0 aromatic carbocycles. The van der Waals surface area contributed by atoms with Crippen molar-refractivity contribution in [2.24, 2.45) is 5.73 Å². The molecule has 0 atom stereocenters. The lowest BCUT2D eigenvalue weighted by Gasteiger charge is -2.22. The Hall–Kier alpha value is -1.69. The summed E-state index contributed by atoms with van der Waals surface area (Å²) in [4.78, 5) is 23.6. The van der Waals surface area contributed by atoms with Crippen LogP contribution in [0.3, 0.4) is 0 Å². The Morgan fingerprint density at radius 1 is 0.794 bits per heavy atom. The Kier molecular flexibility index (Phi) is 18.4. The van der Waals surface area contributed by atoms with E-state index in [4.69, 9.17) is 5.73 Å². The standard InChI is InChI=1S/C28H53N5O/c1-4-5-6-7-8-9-10-11-12-13-15-19-27(34)33(23-18-20-29)22-17-14-16-21-30-28-31-25(2)24-26(3)32-28/h24H,4-23,29H2,1-3H3,(H,30,31,32). The molecular weight excluding hydrogens is 422 g/mol. The van der Waals surface area contributed by atoms with Crippen LogP contribution in [0.2, 0.25) is 0 Å². The third-order valence-corrected chi connectivity index (χ3v) is 6.35. The number of rotatable bonds is 22. The molecule has 1 aromatic heterocycles. The molecule has 6 heteroatoms. The molecule has 3 N–H and O–H groups in total. The molecule has 1 rings (SSSR count). The van der Waals surface area contributed by atoms with E-state index in [0.29, 0.717) is 24.8 Å². The maximum absolute atomic E-state index is 12.7. The third-order valence-electron chi connectivity index (χ3n) is 6.35. The van der Waals surface area contributed by atoms with E-state index in [1.165, 1.54) is 64.2 Å². The minimum absolute atomic E-state index is 0.311. The van der Waals surface area contributed by atoms with Crippen LogP contribution in [0.4, 0.5) is 5.95 Å². The smallest absolute Gasteiger partial charge is 0.223 e. The maximum Gasteiger partial charge on any atom is 0.223 e. The molecule has 0 bridgehead atoms. The zero-order valence-electron chi connectivity index (χ0n) is 22.5. The molecule has 1 heterocycles. The molecule has 1 amide bonds. The molecule has 0 saturated heterocycles. The average Bonchev–Trinajstić information content (AvgIpc) is 2.80. The second-order valence-electron chi connectivity index (χ2n) is 9.77. The Labute approximate surface area is 209 Å². The lowest BCUT2D eigenvalue weighted by Crippen LogP contribution is -2.33. The van der Waals surface area contributed by atoms with Crippen LogP contribution in [0.25, 0.3) is 0 Å². The highest BCUT2D eigenvalue weighted by atomic mass is 16.2. The van der Waals surface area contributed by atoms with Gasteiger partial charge < -0.3 is 16.0 Å². The second-order valence-corrected chi connectivity index (χ2v) is 9.77. The summed E-state index contributed by atoms with van der Waals surface area (Å²) in [6, 6.07) is 1.98. The number of nitrogens with zero attached hydrogens (tertiary/aromatic N) is 3. The van der Waals surface area contributed by atoms with Gasteiger partial charge in [-0.3, -0.25) is 4.79 Å². The second kappa shape index (κ2) is 20.7. The van der Waals surface area contributed by atoms with Gasteiger partial charge in [-0.05, 0) is 58.6 Å². The molecule has 0 aliphatic carbocycles. The SMILES string of the molecule is CCCCCCCCCCCCCC(=O)N(CCCN)CCCCCNc1nc(C)cc(C)n1. The quantitative estimate of drug-likeness (QED) is 0.186. The van der Waals surface area contributed by atoms with Crippen LogP contribution < -0.4 is 11.1 Å². The molecule has 0 fully saturated rings. The fourth-order valence-corrected chi connectivity index (χ4v) is 4.35. The first-order chi connectivity index (χ1) is 16.6. The number of aryl methyl sites for hydroxylation is 2. The third kappa shape index (κ3) is 16.0. The molecular formula is C28H53N5O. The molecule has 34 heavy (non-hydrogen) atoms. The van der Waals surface area contributed by atoms with Crippen molar-refractivity contribution in [2.75, 3.05) is 31.5 Å². The van der Waals surface area contributed by atoms with Gasteiger partial charge in [0.25, 0.3) is 0 Å². The van der Waals surface area contributed by atoms with Crippen LogP contribution in [0.5, 0.6) is 0 Å². The van der Waals surface area contributed by atoms with Gasteiger partial charge in [0.1, 0.15) is 0 Å². The number of nitrogens with two attached hydrogens (primary N) is 1. The summed E-state index contributed by atoms with van der Waals surface area (Å²) in [6.45, 7) is 9.39. The van der Waals surface area contributed by atoms with Crippen molar-refractivity contribution in [2.45, 2.75) is 124 Å². The van der Waals surface area contributed by atoms with E-state index >= 15 is 0 Å². The minimum Gasteiger partial charge on any atom is -0.354 e. The van der Waals surface area contributed by atoms with Gasteiger partial charge in [-0.1, -0.05) is 71.1 Å². The Morgan fingerprint density at radius 2 is 1.32 bits per heavy atom. The monoisotopic (exact) mass is 475 g/mol. The van der Waals surface area contributed by atoms with E-state index in [1.807, 2.05) is 24.8 Å². The number of hydrogen-bond donors (Lipinski definition) is 2. The summed E-state index contributed by atoms with van der Waals surface area (Å²) in [6.07, 6.45) is 19.2. The number of nitrogens with one attached hydrogen (secondary N) is 1. The predicted molar refractivity (Wildman–Crippen MR) is 145 cm³/mol. The van der Waals surface area contributed by atoms with E-state index < -0.39 is 0 Å². The van der Waals surface area contributed by atoms with Crippen LogP contribution in [-0.2, 0) is 4.79 Å². The molecule has 0 saturated carbocycles. The summed E-state index contributed by atoms with van der Waals surface area (Å²) in [5, 5.41) is 3.32. The minimum atomic E-state index is 0.311. The highest BCUT2D eigenvalue weighted by molar-refractivity contribution is 5.76. The molecule has 196 valence electrons. The highest BCUT2D eigenvalue weighted by Gasteiger charge is 2.12. The lowest BCUT2D eigenvalue weighted by atomic mass is 10.0. The first kappa shape index (κ1) is 30.3. The molecule has 1 aromatic rings. The van der Waals surface area contributed by atoms with Crippen LogP contribution in [0.1, 0.15) is 121 Å². The largest absolute Gasteiger partial charge is 0.354 e. The van der Waals surface area contributed by atoms with Crippen molar-refractivity contribution in [3.05, 3.63) is 17.5 Å². The van der Waals surface area contributed by atoms with Crippen LogP contribution in [-0.4, -0.2) is 47.0 Å². The number of carbonyl (C=O) groups excluding carboxylic acids is 1. The van der Waals surface area contributed by atoms with Gasteiger partial charge in [0, 0.05) is 37.4 Å². The first-order valence-electron chi connectivity index (χ1n) is 14.1. The van der Waals surface area contributed by atoms with Crippen molar-refractivity contribution in [1.29, 1.82) is 0 Å². The van der Waals surface area contributed by atoms with E-state index in [0.717, 1.165) is 63.1 Å². The molecule has 0 aliphatic rings. The molecule has 6 nitrogen and oxygen atoms in total. The number of anilines is 1. The molecule has 0 unspecified atom stereocenters. The van der Waals surface area contributed by atoms with E-state index in [9.17, 15) is 4.79 Å². The number of aromatic nitrogens is 2. The Balaban J connectivity index is 2.11. The highest BCUT2D eigenvalue weighted by Crippen LogP contribution is 2.13. The molecule has 0 spiro atoms. The van der Waals surface area contributed by atoms with Crippen molar-refractivity contribution in [1.82, 2.24) is 14.9 Å². The summed E-state index contributed by atoms with van der Waals surface area (Å²) < 4.78 is 0. The van der Waals surface area contributed by atoms with Gasteiger partial charge in [0.05, 0.1) is 0 Å². The van der Waals surface area contributed by atoms with Crippen LogP contribution >= 0.6 is 0 Å². The molecule has 0 radical (unpaired) electrons. The predicted octanol–water partition coefficient (Wildman–Crippen LogP) is 6.55. The van der Waals surface area contributed by atoms with E-state index in [-0.39, 0.29) is 0 Å². The van der Waals surface area contributed by atoms with Crippen molar-refractivity contribution >= 4 is 11.9 Å². The Morgan fingerprint density at radius 3 is 1.91 bits per heavy atom. The van der Waals surface area contributed by atoms with Crippen molar-refractivity contribution < 1.29 is 4.79 Å². The van der Waals surface area contributed by atoms with Gasteiger partial charge in [-0.25, -0.2) is 9.97 Å². The van der Waals surface area contributed by atoms with Crippen molar-refractivity contribution in [3.63, 3.8) is 0 Å². The normalized spacial score (nSPS) is 11.1. The van der Waals surface area contributed by atoms with Crippen molar-refractivity contribution in [3.8, 4) is 0 Å². The first-order valence-corrected chi connectivity index (χ1v) is 14.1. The summed E-state index contributed by atoms with van der Waals surface area (Å²) in [7, 11) is 0. The van der Waals surface area contributed by atoms with Gasteiger partial charge >= 0.3 is 0 Å². The zero-order chi connectivity index (χ0) is 24.9. The Bertz CT molecular complexity index is 617. The van der Waals surface area contributed by atoms with Crippen LogP contribution in [0, 0.1) is 13.8 Å². The van der Waals surface area contributed by atoms with Gasteiger partial charge in [-0.15, -0.1) is 0 Å².